The van der Waals surface area contributed by atoms with Crippen molar-refractivity contribution in [1.29, 1.82) is 0 Å². The van der Waals surface area contributed by atoms with E-state index in [2.05, 4.69) is 13.8 Å². The van der Waals surface area contributed by atoms with E-state index in [1.54, 1.807) is 0 Å². The summed E-state index contributed by atoms with van der Waals surface area (Å²) in [5.41, 5.74) is 0.110. The maximum atomic E-state index is 11.3. The van der Waals surface area contributed by atoms with Crippen LogP contribution in [0, 0.1) is 5.41 Å². The third-order valence-corrected chi connectivity index (χ3v) is 4.38. The molecule has 12 heavy (non-hydrogen) atoms. The molecule has 0 saturated carbocycles. The second-order valence-corrected chi connectivity index (χ2v) is 6.52. The average molecular weight is 212 g/mol. The average Bonchev–Trinajstić information content (AvgIpc) is 2.31. The van der Waals surface area contributed by atoms with Crippen LogP contribution in [0.15, 0.2) is 0 Å². The minimum absolute atomic E-state index is 0.110. The minimum Gasteiger partial charge on any atom is -0.211 e. The van der Waals surface area contributed by atoms with Gasteiger partial charge in [0.05, 0.1) is 0 Å². The zero-order valence-electron chi connectivity index (χ0n) is 7.38. The van der Waals surface area contributed by atoms with Crippen molar-refractivity contribution < 1.29 is 8.42 Å². The molecule has 0 unspecified atom stereocenters. The molecule has 0 bridgehead atoms. The van der Waals surface area contributed by atoms with Gasteiger partial charge in [-0.3, -0.25) is 0 Å². The molecule has 0 atom stereocenters. The van der Waals surface area contributed by atoms with Crippen LogP contribution in [-0.2, 0) is 10.0 Å². The van der Waals surface area contributed by atoms with Gasteiger partial charge in [0.1, 0.15) is 5.21 Å². The molecule has 0 N–H and O–H groups in total. The Morgan fingerprint density at radius 3 is 2.42 bits per heavy atom. The summed E-state index contributed by atoms with van der Waals surface area (Å²) in [5.74, 6) is 0. The number of halogens is 1. The van der Waals surface area contributed by atoms with Crippen LogP contribution in [0.1, 0.15) is 20.3 Å². The Bertz CT molecular complexity index is 261. The van der Waals surface area contributed by atoms with Crippen LogP contribution < -0.4 is 0 Å². The van der Waals surface area contributed by atoms with Gasteiger partial charge in [0.25, 0.3) is 0 Å². The lowest BCUT2D eigenvalue weighted by Crippen LogP contribution is -2.30. The topological polar surface area (TPSA) is 37.4 Å². The second-order valence-electron chi connectivity index (χ2n) is 3.97. The largest absolute Gasteiger partial charge is 0.228 e. The highest BCUT2D eigenvalue weighted by molar-refractivity contribution is 7.90. The molecule has 5 heteroatoms. The quantitative estimate of drug-likeness (QED) is 0.645. The third kappa shape index (κ3) is 2.12. The maximum absolute atomic E-state index is 11.3. The minimum atomic E-state index is -3.17. The van der Waals surface area contributed by atoms with Gasteiger partial charge in [-0.15, -0.1) is 11.6 Å². The van der Waals surface area contributed by atoms with Crippen molar-refractivity contribution in [3.05, 3.63) is 0 Å². The van der Waals surface area contributed by atoms with Gasteiger partial charge in [-0.1, -0.05) is 13.8 Å². The molecule has 1 aliphatic heterocycles. The highest BCUT2D eigenvalue weighted by Gasteiger charge is 2.35. The van der Waals surface area contributed by atoms with E-state index in [0.717, 1.165) is 6.42 Å². The van der Waals surface area contributed by atoms with E-state index < -0.39 is 10.0 Å². The molecule has 0 aromatic rings. The SMILES string of the molecule is CC1(C)CCN(S(=O)(=O)CCl)C1. The lowest BCUT2D eigenvalue weighted by molar-refractivity contribution is 0.376. The first-order valence-corrected chi connectivity index (χ1v) is 6.06. The zero-order valence-corrected chi connectivity index (χ0v) is 8.95. The number of alkyl halides is 1. The first kappa shape index (κ1) is 10.3. The Kier molecular flexibility index (Phi) is 2.71. The molecule has 0 amide bonds. The molecular weight excluding hydrogens is 198 g/mol. The lowest BCUT2D eigenvalue weighted by Gasteiger charge is -2.18. The lowest BCUT2D eigenvalue weighted by atomic mass is 9.93. The summed E-state index contributed by atoms with van der Waals surface area (Å²) in [5, 5.41) is -0.302. The molecule has 1 rings (SSSR count). The fourth-order valence-corrected chi connectivity index (χ4v) is 2.84. The van der Waals surface area contributed by atoms with Gasteiger partial charge < -0.3 is 0 Å². The Balaban J connectivity index is 2.71. The fraction of sp³-hybridized carbons (Fsp3) is 1.00. The van der Waals surface area contributed by atoms with Crippen molar-refractivity contribution in [3.63, 3.8) is 0 Å². The summed E-state index contributed by atoms with van der Waals surface area (Å²) in [6.45, 7) is 5.34. The molecule has 1 aliphatic rings. The number of sulfonamides is 1. The summed E-state index contributed by atoms with van der Waals surface area (Å²) in [4.78, 5) is 0. The predicted molar refractivity (Wildman–Crippen MR) is 49.6 cm³/mol. The van der Waals surface area contributed by atoms with Gasteiger partial charge in [0, 0.05) is 13.1 Å². The first-order chi connectivity index (χ1) is 5.37. The van der Waals surface area contributed by atoms with Crippen LogP contribution in [0.4, 0.5) is 0 Å². The van der Waals surface area contributed by atoms with Gasteiger partial charge in [0.2, 0.25) is 10.0 Å². The molecule has 0 spiro atoms. The maximum Gasteiger partial charge on any atom is 0.228 e. The van der Waals surface area contributed by atoms with E-state index in [9.17, 15) is 8.42 Å². The van der Waals surface area contributed by atoms with E-state index in [1.807, 2.05) is 0 Å². The Hall–Kier alpha value is 0.200. The van der Waals surface area contributed by atoms with Gasteiger partial charge >= 0.3 is 0 Å². The van der Waals surface area contributed by atoms with Crippen molar-refractivity contribution in [3.8, 4) is 0 Å². The summed E-state index contributed by atoms with van der Waals surface area (Å²) >= 11 is 5.34. The molecule has 72 valence electrons. The van der Waals surface area contributed by atoms with Crippen molar-refractivity contribution in [2.45, 2.75) is 20.3 Å². The number of hydrogen-bond acceptors (Lipinski definition) is 2. The zero-order chi connectivity index (χ0) is 9.41. The molecule has 0 aliphatic carbocycles. The smallest absolute Gasteiger partial charge is 0.211 e. The summed E-state index contributed by atoms with van der Waals surface area (Å²) in [6.07, 6.45) is 0.920. The molecule has 1 heterocycles. The van der Waals surface area contributed by atoms with E-state index in [1.165, 1.54) is 4.31 Å². The van der Waals surface area contributed by atoms with Crippen LogP contribution >= 0.6 is 11.6 Å². The van der Waals surface area contributed by atoms with E-state index >= 15 is 0 Å². The Labute approximate surface area is 78.7 Å². The first-order valence-electron chi connectivity index (χ1n) is 3.91. The number of hydrogen-bond donors (Lipinski definition) is 0. The van der Waals surface area contributed by atoms with Crippen LogP contribution in [0.25, 0.3) is 0 Å². The van der Waals surface area contributed by atoms with Crippen LogP contribution in [0.3, 0.4) is 0 Å². The molecule has 0 aromatic carbocycles. The fourth-order valence-electron chi connectivity index (χ4n) is 1.37. The highest BCUT2D eigenvalue weighted by Crippen LogP contribution is 2.30. The standard InChI is InChI=1S/C7H14ClNO2S/c1-7(2)3-4-9(5-7)12(10,11)6-8/h3-6H2,1-2H3. The molecule has 3 nitrogen and oxygen atoms in total. The third-order valence-electron chi connectivity index (χ3n) is 2.17. The van der Waals surface area contributed by atoms with E-state index in [0.29, 0.717) is 13.1 Å². The second kappa shape index (κ2) is 3.16. The number of nitrogens with zero attached hydrogens (tertiary/aromatic N) is 1. The van der Waals surface area contributed by atoms with Crippen molar-refractivity contribution in [1.82, 2.24) is 4.31 Å². The van der Waals surface area contributed by atoms with Crippen molar-refractivity contribution in [2.75, 3.05) is 18.3 Å². The van der Waals surface area contributed by atoms with Crippen LogP contribution in [-0.4, -0.2) is 31.0 Å². The summed E-state index contributed by atoms with van der Waals surface area (Å²) < 4.78 is 24.0. The monoisotopic (exact) mass is 211 g/mol. The van der Waals surface area contributed by atoms with E-state index in [4.69, 9.17) is 11.6 Å². The normalized spacial score (nSPS) is 24.6. The van der Waals surface area contributed by atoms with Crippen LogP contribution in [0.5, 0.6) is 0 Å². The molecular formula is C7H14ClNO2S. The predicted octanol–water partition coefficient (Wildman–Crippen LogP) is 1.24. The highest BCUT2D eigenvalue weighted by atomic mass is 35.5. The number of rotatable bonds is 2. The van der Waals surface area contributed by atoms with Gasteiger partial charge in [-0.2, -0.15) is 0 Å². The molecule has 1 saturated heterocycles. The Morgan fingerprint density at radius 1 is 1.50 bits per heavy atom. The molecule has 0 radical (unpaired) electrons. The van der Waals surface area contributed by atoms with Crippen molar-refractivity contribution >= 4 is 21.6 Å². The molecule has 1 fully saturated rings. The molecule has 0 aromatic heterocycles. The van der Waals surface area contributed by atoms with Gasteiger partial charge in [-0.25, -0.2) is 12.7 Å². The summed E-state index contributed by atoms with van der Waals surface area (Å²) in [6, 6.07) is 0. The van der Waals surface area contributed by atoms with Gasteiger partial charge in [0.15, 0.2) is 0 Å². The van der Waals surface area contributed by atoms with Crippen LogP contribution in [0.2, 0.25) is 0 Å². The van der Waals surface area contributed by atoms with E-state index in [-0.39, 0.29) is 10.6 Å². The van der Waals surface area contributed by atoms with Gasteiger partial charge in [-0.05, 0) is 11.8 Å². The Morgan fingerprint density at radius 2 is 2.08 bits per heavy atom. The van der Waals surface area contributed by atoms with Crippen molar-refractivity contribution in [2.24, 2.45) is 5.41 Å². The summed E-state index contributed by atoms with van der Waals surface area (Å²) in [7, 11) is -3.17.